The number of hydrogen-bond donors (Lipinski definition) is 2. The lowest BCUT2D eigenvalue weighted by atomic mass is 10.1. The van der Waals surface area contributed by atoms with E-state index in [0.717, 1.165) is 24.2 Å². The molecule has 0 fully saturated rings. The van der Waals surface area contributed by atoms with Crippen molar-refractivity contribution < 1.29 is 0 Å². The molecule has 2 heterocycles. The van der Waals surface area contributed by atoms with E-state index in [1.54, 1.807) is 12.3 Å². The van der Waals surface area contributed by atoms with Crippen LogP contribution in [0, 0.1) is 0 Å². The minimum atomic E-state index is -0.120. The number of benzene rings is 1. The molecule has 3 aromatic rings. The van der Waals surface area contributed by atoms with Crippen molar-refractivity contribution in [1.82, 2.24) is 9.55 Å². The van der Waals surface area contributed by atoms with Gasteiger partial charge >= 0.3 is 0 Å². The van der Waals surface area contributed by atoms with Crippen LogP contribution in [-0.2, 0) is 0 Å². The van der Waals surface area contributed by atoms with Gasteiger partial charge in [-0.3, -0.25) is 14.3 Å². The number of nitrogens with zero attached hydrogens (tertiary/aromatic N) is 2. The van der Waals surface area contributed by atoms with Crippen molar-refractivity contribution in [3.8, 4) is 5.69 Å². The molecule has 1 aromatic carbocycles. The molecule has 0 atom stereocenters. The molecule has 3 N–H and O–H groups in total. The Bertz CT molecular complexity index is 1050. The van der Waals surface area contributed by atoms with Gasteiger partial charge in [-0.1, -0.05) is 30.4 Å². The summed E-state index contributed by atoms with van der Waals surface area (Å²) in [5.41, 5.74) is 8.88. The molecule has 5 nitrogen and oxygen atoms in total. The monoisotopic (exact) mass is 330 g/mol. The molecule has 1 aliphatic carbocycles. The molecule has 0 radical (unpaired) electrons. The molecule has 0 saturated carbocycles. The molecule has 0 amide bonds. The van der Waals surface area contributed by atoms with E-state index in [9.17, 15) is 4.79 Å². The summed E-state index contributed by atoms with van der Waals surface area (Å²) in [4.78, 5) is 16.8. The predicted octanol–water partition coefficient (Wildman–Crippen LogP) is 3.61. The fourth-order valence-electron chi connectivity index (χ4n) is 3.10. The average molecular weight is 330 g/mol. The second-order valence-electron chi connectivity index (χ2n) is 5.95. The number of pyridine rings is 2. The van der Waals surface area contributed by atoms with Crippen LogP contribution in [0.15, 0.2) is 77.5 Å². The van der Waals surface area contributed by atoms with E-state index in [-0.39, 0.29) is 5.43 Å². The normalized spacial score (nSPS) is 13.7. The summed E-state index contributed by atoms with van der Waals surface area (Å²) in [6.07, 6.45) is 11.5. The lowest BCUT2D eigenvalue weighted by Gasteiger charge is -2.19. The van der Waals surface area contributed by atoms with Crippen LogP contribution in [0.4, 0.5) is 11.5 Å². The number of nitrogens with two attached hydrogens (primary N) is 1. The van der Waals surface area contributed by atoms with Crippen molar-refractivity contribution in [3.63, 3.8) is 0 Å². The van der Waals surface area contributed by atoms with Crippen molar-refractivity contribution in [2.45, 2.75) is 12.8 Å². The molecule has 25 heavy (non-hydrogen) atoms. The highest BCUT2D eigenvalue weighted by Gasteiger charge is 2.14. The molecule has 0 bridgehead atoms. The number of nitrogens with one attached hydrogen (secondary N) is 1. The number of para-hydroxylation sites is 1. The quantitative estimate of drug-likeness (QED) is 0.769. The van der Waals surface area contributed by atoms with Crippen molar-refractivity contribution >= 4 is 22.4 Å². The Balaban J connectivity index is 2.00. The maximum absolute atomic E-state index is 12.6. The summed E-state index contributed by atoms with van der Waals surface area (Å²) in [5.74, 6) is 0.689. The number of nitrogen functional groups attached to an aromatic ring is 1. The molecule has 0 spiro atoms. The molecule has 4 rings (SSSR count). The molecule has 0 unspecified atom stereocenters. The number of aromatic nitrogens is 2. The van der Waals surface area contributed by atoms with Crippen molar-refractivity contribution in [2.24, 2.45) is 0 Å². The van der Waals surface area contributed by atoms with Gasteiger partial charge in [-0.2, -0.15) is 0 Å². The van der Waals surface area contributed by atoms with Gasteiger partial charge in [0.1, 0.15) is 5.82 Å². The molecular weight excluding hydrogens is 312 g/mol. The van der Waals surface area contributed by atoms with Crippen molar-refractivity contribution in [2.75, 3.05) is 11.1 Å². The number of hydrogen-bond acceptors (Lipinski definition) is 4. The molecule has 1 aliphatic rings. The summed E-state index contributed by atoms with van der Waals surface area (Å²) >= 11 is 0. The van der Waals surface area contributed by atoms with Crippen molar-refractivity contribution in [1.29, 1.82) is 0 Å². The minimum absolute atomic E-state index is 0.120. The van der Waals surface area contributed by atoms with E-state index in [4.69, 9.17) is 5.73 Å². The van der Waals surface area contributed by atoms with Gasteiger partial charge in [-0.25, -0.2) is 0 Å². The first-order valence-corrected chi connectivity index (χ1v) is 8.22. The Kier molecular flexibility index (Phi) is 3.82. The second-order valence-corrected chi connectivity index (χ2v) is 5.95. The van der Waals surface area contributed by atoms with E-state index in [2.05, 4.69) is 22.5 Å². The summed E-state index contributed by atoms with van der Waals surface area (Å²) in [6, 6.07) is 11.5. The molecule has 124 valence electrons. The van der Waals surface area contributed by atoms with E-state index in [0.29, 0.717) is 22.4 Å². The van der Waals surface area contributed by atoms with Crippen LogP contribution in [-0.4, -0.2) is 9.55 Å². The van der Waals surface area contributed by atoms with E-state index in [1.807, 2.05) is 41.0 Å². The van der Waals surface area contributed by atoms with Crippen LogP contribution in [0.3, 0.4) is 0 Å². The Labute approximate surface area is 145 Å². The van der Waals surface area contributed by atoms with E-state index >= 15 is 0 Å². The lowest BCUT2D eigenvalue weighted by molar-refractivity contribution is 1.01. The van der Waals surface area contributed by atoms with Crippen LogP contribution in [0.2, 0.25) is 0 Å². The second kappa shape index (κ2) is 6.28. The Morgan fingerprint density at radius 1 is 1.12 bits per heavy atom. The average Bonchev–Trinajstić information content (AvgIpc) is 2.63. The standard InChI is InChI=1S/C20H18N4O/c21-16-12-22-13-17-20(16)18(25)11-19(23-14-7-3-1-4-8-14)24(17)15-9-5-2-6-10-15/h2-3,5-13,23H,1,4,21H2. The number of anilines is 2. The maximum Gasteiger partial charge on any atom is 0.193 e. The zero-order valence-electron chi connectivity index (χ0n) is 13.6. The first-order chi connectivity index (χ1) is 12.2. The molecular formula is C20H18N4O. The van der Waals surface area contributed by atoms with E-state index in [1.165, 1.54) is 6.20 Å². The summed E-state index contributed by atoms with van der Waals surface area (Å²) in [7, 11) is 0. The Morgan fingerprint density at radius 2 is 1.96 bits per heavy atom. The highest BCUT2D eigenvalue weighted by Crippen LogP contribution is 2.26. The zero-order chi connectivity index (χ0) is 17.2. The molecule has 5 heteroatoms. The van der Waals surface area contributed by atoms with Crippen LogP contribution in [0.25, 0.3) is 16.6 Å². The predicted molar refractivity (Wildman–Crippen MR) is 102 cm³/mol. The van der Waals surface area contributed by atoms with E-state index < -0.39 is 0 Å². The minimum Gasteiger partial charge on any atom is -0.397 e. The summed E-state index contributed by atoms with van der Waals surface area (Å²) in [5, 5.41) is 3.85. The van der Waals surface area contributed by atoms with Gasteiger partial charge in [0.25, 0.3) is 0 Å². The third-order valence-electron chi connectivity index (χ3n) is 4.23. The topological polar surface area (TPSA) is 72.9 Å². The number of rotatable bonds is 3. The SMILES string of the molecule is Nc1cncc2c1c(=O)cc(NC1=CCCC=C1)n2-c1ccccc1. The van der Waals surface area contributed by atoms with Gasteiger partial charge in [0.05, 0.1) is 29.0 Å². The first-order valence-electron chi connectivity index (χ1n) is 8.22. The summed E-state index contributed by atoms with van der Waals surface area (Å²) in [6.45, 7) is 0. The third-order valence-corrected chi connectivity index (χ3v) is 4.23. The first kappa shape index (κ1) is 15.2. The highest BCUT2D eigenvalue weighted by molar-refractivity contribution is 5.92. The fourth-order valence-corrected chi connectivity index (χ4v) is 3.10. The molecule has 0 saturated heterocycles. The van der Waals surface area contributed by atoms with Crippen molar-refractivity contribution in [3.05, 3.63) is 82.9 Å². The van der Waals surface area contributed by atoms with Crippen LogP contribution in [0.1, 0.15) is 12.8 Å². The lowest BCUT2D eigenvalue weighted by Crippen LogP contribution is -2.15. The third kappa shape index (κ3) is 2.80. The van der Waals surface area contributed by atoms with Gasteiger partial charge in [0.15, 0.2) is 5.43 Å². The van der Waals surface area contributed by atoms with Gasteiger partial charge in [0.2, 0.25) is 0 Å². The largest absolute Gasteiger partial charge is 0.397 e. The highest BCUT2D eigenvalue weighted by atomic mass is 16.1. The summed E-state index contributed by atoms with van der Waals surface area (Å²) < 4.78 is 1.98. The maximum atomic E-state index is 12.6. The van der Waals surface area contributed by atoms with Gasteiger partial charge in [0, 0.05) is 17.5 Å². The molecule has 2 aromatic heterocycles. The van der Waals surface area contributed by atoms with Crippen LogP contribution < -0.4 is 16.5 Å². The number of allylic oxidation sites excluding steroid dienone is 3. The Hall–Kier alpha value is -3.34. The fraction of sp³-hybridized carbons (Fsp3) is 0.100. The zero-order valence-corrected chi connectivity index (χ0v) is 13.6. The van der Waals surface area contributed by atoms with Crippen LogP contribution in [0.5, 0.6) is 0 Å². The number of fused-ring (bicyclic) bond motifs is 1. The Morgan fingerprint density at radius 3 is 2.72 bits per heavy atom. The smallest absolute Gasteiger partial charge is 0.193 e. The molecule has 0 aliphatic heterocycles. The van der Waals surface area contributed by atoms with Gasteiger partial charge in [-0.05, 0) is 31.1 Å². The van der Waals surface area contributed by atoms with Gasteiger partial charge < -0.3 is 11.1 Å². The van der Waals surface area contributed by atoms with Gasteiger partial charge in [-0.15, -0.1) is 0 Å². The van der Waals surface area contributed by atoms with Crippen LogP contribution >= 0.6 is 0 Å².